The second-order valence-electron chi connectivity index (χ2n) is 9.48. The highest BCUT2D eigenvalue weighted by atomic mass is 79.9. The Morgan fingerprint density at radius 3 is 2.28 bits per heavy atom. The van der Waals surface area contributed by atoms with E-state index in [1.165, 1.54) is 0 Å². The largest absolute Gasteiger partial charge is 0.493 e. The first-order valence-corrected chi connectivity index (χ1v) is 14.0. The summed E-state index contributed by atoms with van der Waals surface area (Å²) in [6, 6.07) is 17.5. The van der Waals surface area contributed by atoms with Crippen molar-refractivity contribution in [3.63, 3.8) is 0 Å². The van der Waals surface area contributed by atoms with Gasteiger partial charge in [0.25, 0.3) is 0 Å². The Balaban J connectivity index is 1.60. The van der Waals surface area contributed by atoms with Crippen molar-refractivity contribution in [3.8, 4) is 23.0 Å². The van der Waals surface area contributed by atoms with Gasteiger partial charge in [-0.1, -0.05) is 18.2 Å². The smallest absolute Gasteiger partial charge is 0.175 e. The van der Waals surface area contributed by atoms with Crippen molar-refractivity contribution in [1.29, 1.82) is 0 Å². The van der Waals surface area contributed by atoms with Crippen molar-refractivity contribution in [2.24, 2.45) is 0 Å². The van der Waals surface area contributed by atoms with Gasteiger partial charge in [-0.2, -0.15) is 0 Å². The van der Waals surface area contributed by atoms with Crippen LogP contribution in [-0.2, 0) is 4.79 Å². The van der Waals surface area contributed by atoms with E-state index in [-0.39, 0.29) is 17.7 Å². The number of halogens is 1. The minimum absolute atomic E-state index is 0.000482. The number of para-hydroxylation sites is 2. The molecule has 0 amide bonds. The number of carbonyl (C=O) groups is 1. The molecule has 0 saturated heterocycles. The van der Waals surface area contributed by atoms with Gasteiger partial charge in [0, 0.05) is 17.7 Å². The summed E-state index contributed by atoms with van der Waals surface area (Å²) in [5, 5.41) is 7.25. The minimum Gasteiger partial charge on any atom is -0.493 e. The zero-order valence-corrected chi connectivity index (χ0v) is 24.2. The fraction of sp³-hybridized carbons (Fsp3) is 0.323. The molecule has 0 saturated carbocycles. The summed E-state index contributed by atoms with van der Waals surface area (Å²) in [5.74, 6) is 2.72. The maximum atomic E-state index is 14.0. The van der Waals surface area contributed by atoms with Gasteiger partial charge in [0.15, 0.2) is 28.8 Å². The highest BCUT2D eigenvalue weighted by Gasteiger charge is 2.37. The SMILES string of the molecule is CCOc1cc(C2Nc3ccccc3NC3=C2C(=O)CC(c2ccc(OC)c(OC)c2)C3)cc(Br)c1OCC. The number of ether oxygens (including phenoxy) is 4. The van der Waals surface area contributed by atoms with Crippen molar-refractivity contribution in [3.05, 3.63) is 81.5 Å². The van der Waals surface area contributed by atoms with Crippen molar-refractivity contribution >= 4 is 33.1 Å². The number of hydrogen-bond donors (Lipinski definition) is 2. The Hall–Kier alpha value is -3.65. The van der Waals surface area contributed by atoms with Gasteiger partial charge < -0.3 is 29.6 Å². The van der Waals surface area contributed by atoms with Crippen LogP contribution in [0.5, 0.6) is 23.0 Å². The number of methoxy groups -OCH3 is 2. The fourth-order valence-electron chi connectivity index (χ4n) is 5.39. The van der Waals surface area contributed by atoms with Crippen molar-refractivity contribution in [2.45, 2.75) is 38.6 Å². The quantitative estimate of drug-likeness (QED) is 0.285. The third-order valence-corrected chi connectivity index (χ3v) is 7.73. The van der Waals surface area contributed by atoms with Crippen LogP contribution < -0.4 is 29.6 Å². The molecule has 0 radical (unpaired) electrons. The van der Waals surface area contributed by atoms with Gasteiger partial charge in [0.2, 0.25) is 0 Å². The molecule has 3 aromatic carbocycles. The molecule has 2 unspecified atom stereocenters. The van der Waals surface area contributed by atoms with Crippen LogP contribution in [0.1, 0.15) is 49.8 Å². The number of allylic oxidation sites excluding steroid dienone is 1. The maximum Gasteiger partial charge on any atom is 0.175 e. The molecule has 0 spiro atoms. The van der Waals surface area contributed by atoms with Crippen LogP contribution in [0.25, 0.3) is 0 Å². The van der Waals surface area contributed by atoms with Crippen LogP contribution in [0, 0.1) is 0 Å². The van der Waals surface area contributed by atoms with Gasteiger partial charge in [-0.25, -0.2) is 0 Å². The average Bonchev–Trinajstić information content (AvgIpc) is 3.11. The number of hydrogen-bond acceptors (Lipinski definition) is 7. The van der Waals surface area contributed by atoms with Gasteiger partial charge in [-0.3, -0.25) is 4.79 Å². The lowest BCUT2D eigenvalue weighted by Crippen LogP contribution is -2.27. The zero-order valence-electron chi connectivity index (χ0n) is 22.6. The predicted octanol–water partition coefficient (Wildman–Crippen LogP) is 7.24. The van der Waals surface area contributed by atoms with E-state index in [4.69, 9.17) is 18.9 Å². The number of nitrogens with one attached hydrogen (secondary N) is 2. The van der Waals surface area contributed by atoms with Crippen molar-refractivity contribution in [2.75, 3.05) is 38.1 Å². The van der Waals surface area contributed by atoms with Crippen LogP contribution in [0.3, 0.4) is 0 Å². The van der Waals surface area contributed by atoms with E-state index in [0.29, 0.717) is 49.1 Å². The number of fused-ring (bicyclic) bond motifs is 1. The van der Waals surface area contributed by atoms with Gasteiger partial charge >= 0.3 is 0 Å². The molecule has 1 heterocycles. The average molecular weight is 594 g/mol. The first-order valence-electron chi connectivity index (χ1n) is 13.2. The van der Waals surface area contributed by atoms with Gasteiger partial charge in [-0.15, -0.1) is 0 Å². The van der Waals surface area contributed by atoms with Crippen LogP contribution in [0.4, 0.5) is 11.4 Å². The fourth-order valence-corrected chi connectivity index (χ4v) is 5.96. The second kappa shape index (κ2) is 11.6. The highest BCUT2D eigenvalue weighted by Crippen LogP contribution is 2.47. The summed E-state index contributed by atoms with van der Waals surface area (Å²) in [6.07, 6.45) is 1.07. The number of Topliss-reactive ketones (excluding diaryl/α,β-unsaturated/α-hetero) is 1. The molecule has 3 aromatic rings. The molecule has 1 aliphatic heterocycles. The molecule has 0 bridgehead atoms. The van der Waals surface area contributed by atoms with Gasteiger partial charge in [0.05, 0.1) is 49.3 Å². The molecule has 2 aliphatic rings. The Morgan fingerprint density at radius 1 is 0.846 bits per heavy atom. The summed E-state index contributed by atoms with van der Waals surface area (Å²) < 4.78 is 23.6. The first kappa shape index (κ1) is 26.9. The normalized spacial score (nSPS) is 18.2. The number of rotatable bonds is 8. The van der Waals surface area contributed by atoms with Crippen molar-refractivity contribution in [1.82, 2.24) is 0 Å². The van der Waals surface area contributed by atoms with Gasteiger partial charge in [0.1, 0.15) is 0 Å². The molecular weight excluding hydrogens is 560 g/mol. The summed E-state index contributed by atoms with van der Waals surface area (Å²) in [7, 11) is 3.24. The lowest BCUT2D eigenvalue weighted by molar-refractivity contribution is -0.116. The standard InChI is InChI=1S/C31H33BrN2O5/c1-5-38-28-17-20(13-21(32)31(28)39-6-2)30-29-24(33-22-9-7-8-10-23(22)34-30)14-19(15-25(29)35)18-11-12-26(36-3)27(16-18)37-4/h7-13,16-17,19,30,33-34H,5-6,14-15H2,1-4H3. The number of carbonyl (C=O) groups excluding carboxylic acids is 1. The maximum absolute atomic E-state index is 14.0. The minimum atomic E-state index is -0.374. The van der Waals surface area contributed by atoms with Crippen LogP contribution in [0.2, 0.25) is 0 Å². The van der Waals surface area contributed by atoms with Crippen LogP contribution in [-0.4, -0.2) is 33.2 Å². The van der Waals surface area contributed by atoms with E-state index in [0.717, 1.165) is 38.2 Å². The van der Waals surface area contributed by atoms with E-state index < -0.39 is 0 Å². The number of ketones is 1. The molecule has 0 fully saturated rings. The Morgan fingerprint density at radius 2 is 1.56 bits per heavy atom. The van der Waals surface area contributed by atoms with E-state index in [1.54, 1.807) is 14.2 Å². The summed E-state index contributed by atoms with van der Waals surface area (Å²) in [5.41, 5.74) is 5.47. The van der Waals surface area contributed by atoms with Crippen LogP contribution >= 0.6 is 15.9 Å². The molecule has 39 heavy (non-hydrogen) atoms. The lowest BCUT2D eigenvalue weighted by Gasteiger charge is -2.30. The van der Waals surface area contributed by atoms with E-state index >= 15 is 0 Å². The topological polar surface area (TPSA) is 78.1 Å². The third-order valence-electron chi connectivity index (χ3n) is 7.14. The van der Waals surface area contributed by atoms with E-state index in [1.807, 2.05) is 68.4 Å². The third kappa shape index (κ3) is 5.30. The monoisotopic (exact) mass is 592 g/mol. The molecule has 2 atom stereocenters. The Kier molecular flexibility index (Phi) is 8.02. The van der Waals surface area contributed by atoms with E-state index in [2.05, 4.69) is 26.6 Å². The molecule has 8 heteroatoms. The lowest BCUT2D eigenvalue weighted by atomic mass is 9.78. The highest BCUT2D eigenvalue weighted by molar-refractivity contribution is 9.10. The molecule has 7 nitrogen and oxygen atoms in total. The number of anilines is 2. The zero-order chi connectivity index (χ0) is 27.5. The van der Waals surface area contributed by atoms with Crippen LogP contribution in [0.15, 0.2) is 70.3 Å². The molecule has 0 aromatic heterocycles. The first-order chi connectivity index (χ1) is 19.0. The summed E-state index contributed by atoms with van der Waals surface area (Å²) >= 11 is 3.68. The number of benzene rings is 3. The van der Waals surface area contributed by atoms with Crippen molar-refractivity contribution < 1.29 is 23.7 Å². The summed E-state index contributed by atoms with van der Waals surface area (Å²) in [6.45, 7) is 4.90. The molecular formula is C31H33BrN2O5. The second-order valence-corrected chi connectivity index (χ2v) is 10.3. The summed E-state index contributed by atoms with van der Waals surface area (Å²) in [4.78, 5) is 14.0. The van der Waals surface area contributed by atoms with E-state index in [9.17, 15) is 4.79 Å². The molecule has 204 valence electrons. The molecule has 1 aliphatic carbocycles. The molecule has 2 N–H and O–H groups in total. The molecule has 5 rings (SSSR count). The Labute approximate surface area is 237 Å². The predicted molar refractivity (Wildman–Crippen MR) is 156 cm³/mol. The van der Waals surface area contributed by atoms with Gasteiger partial charge in [-0.05, 0) is 89.6 Å². The Bertz CT molecular complexity index is 1420.